The molecular formula is C16H24FN. The van der Waals surface area contributed by atoms with Crippen molar-refractivity contribution in [2.45, 2.75) is 39.0 Å². The summed E-state index contributed by atoms with van der Waals surface area (Å²) in [6.45, 7) is 4.41. The van der Waals surface area contributed by atoms with Crippen LogP contribution in [0.4, 0.5) is 4.39 Å². The fourth-order valence-corrected chi connectivity index (χ4v) is 2.70. The van der Waals surface area contributed by atoms with Crippen LogP contribution in [-0.4, -0.2) is 13.1 Å². The van der Waals surface area contributed by atoms with Crippen molar-refractivity contribution in [1.82, 2.24) is 5.32 Å². The first kappa shape index (κ1) is 13.5. The molecule has 1 aromatic carbocycles. The Balaban J connectivity index is 1.89. The van der Waals surface area contributed by atoms with Gasteiger partial charge < -0.3 is 5.32 Å². The molecule has 1 fully saturated rings. The van der Waals surface area contributed by atoms with E-state index in [-0.39, 0.29) is 5.82 Å². The molecule has 0 spiro atoms. The van der Waals surface area contributed by atoms with E-state index in [1.54, 1.807) is 12.1 Å². The van der Waals surface area contributed by atoms with Crippen LogP contribution in [0.3, 0.4) is 0 Å². The summed E-state index contributed by atoms with van der Waals surface area (Å²) < 4.78 is 12.9. The number of rotatable bonds is 7. The maximum absolute atomic E-state index is 12.9. The van der Waals surface area contributed by atoms with E-state index in [1.807, 2.05) is 12.1 Å². The Hall–Kier alpha value is -0.890. The smallest absolute Gasteiger partial charge is 0.123 e. The summed E-state index contributed by atoms with van der Waals surface area (Å²) in [5.74, 6) is 1.46. The van der Waals surface area contributed by atoms with E-state index in [0.29, 0.717) is 0 Å². The maximum Gasteiger partial charge on any atom is 0.123 e. The molecule has 2 rings (SSSR count). The van der Waals surface area contributed by atoms with Crippen LogP contribution >= 0.6 is 0 Å². The summed E-state index contributed by atoms with van der Waals surface area (Å²) in [5, 5.41) is 3.54. The first-order chi connectivity index (χ1) is 8.79. The lowest BCUT2D eigenvalue weighted by Gasteiger charge is -2.34. The molecule has 1 aliphatic carbocycles. The molecular weight excluding hydrogens is 225 g/mol. The lowest BCUT2D eigenvalue weighted by molar-refractivity contribution is 0.200. The van der Waals surface area contributed by atoms with Crippen molar-refractivity contribution in [3.05, 3.63) is 35.6 Å². The molecule has 18 heavy (non-hydrogen) atoms. The molecule has 1 unspecified atom stereocenters. The van der Waals surface area contributed by atoms with Gasteiger partial charge in [-0.25, -0.2) is 4.39 Å². The van der Waals surface area contributed by atoms with Gasteiger partial charge in [0.2, 0.25) is 0 Å². The zero-order valence-electron chi connectivity index (χ0n) is 11.3. The monoisotopic (exact) mass is 249 g/mol. The number of hydrogen-bond acceptors (Lipinski definition) is 1. The molecule has 0 radical (unpaired) electrons. The van der Waals surface area contributed by atoms with Gasteiger partial charge in [0.1, 0.15) is 5.82 Å². The summed E-state index contributed by atoms with van der Waals surface area (Å²) in [7, 11) is 0. The highest BCUT2D eigenvalue weighted by Crippen LogP contribution is 2.35. The molecule has 0 aliphatic heterocycles. The third-order valence-electron chi connectivity index (χ3n) is 4.06. The largest absolute Gasteiger partial charge is 0.316 e. The van der Waals surface area contributed by atoms with Gasteiger partial charge in [-0.05, 0) is 55.5 Å². The number of nitrogens with one attached hydrogen (secondary N) is 1. The minimum atomic E-state index is -0.136. The zero-order valence-corrected chi connectivity index (χ0v) is 11.3. The van der Waals surface area contributed by atoms with E-state index in [2.05, 4.69) is 12.2 Å². The maximum atomic E-state index is 12.9. The van der Waals surface area contributed by atoms with Gasteiger partial charge in [0.15, 0.2) is 0 Å². The van der Waals surface area contributed by atoms with Gasteiger partial charge in [-0.3, -0.25) is 0 Å². The second-order valence-corrected chi connectivity index (χ2v) is 5.49. The van der Waals surface area contributed by atoms with Gasteiger partial charge in [0, 0.05) is 0 Å². The van der Waals surface area contributed by atoms with Crippen LogP contribution in [0.25, 0.3) is 0 Å². The summed E-state index contributed by atoms with van der Waals surface area (Å²) in [6, 6.07) is 7.01. The molecule has 0 aromatic heterocycles. The van der Waals surface area contributed by atoms with Gasteiger partial charge >= 0.3 is 0 Å². The van der Waals surface area contributed by atoms with Crippen LogP contribution in [0.2, 0.25) is 0 Å². The number of halogens is 1. The topological polar surface area (TPSA) is 12.0 Å². The molecule has 1 saturated carbocycles. The van der Waals surface area contributed by atoms with Crippen molar-refractivity contribution in [3.63, 3.8) is 0 Å². The Morgan fingerprint density at radius 1 is 1.28 bits per heavy atom. The fourth-order valence-electron chi connectivity index (χ4n) is 2.70. The van der Waals surface area contributed by atoms with Crippen molar-refractivity contribution in [2.75, 3.05) is 13.1 Å². The van der Waals surface area contributed by atoms with Crippen LogP contribution in [0.15, 0.2) is 24.3 Å². The average molecular weight is 249 g/mol. The van der Waals surface area contributed by atoms with Crippen molar-refractivity contribution in [3.8, 4) is 0 Å². The molecule has 100 valence electrons. The predicted molar refractivity (Wildman–Crippen MR) is 74.1 cm³/mol. The molecule has 0 heterocycles. The third kappa shape index (κ3) is 3.81. The van der Waals surface area contributed by atoms with E-state index in [9.17, 15) is 4.39 Å². The Morgan fingerprint density at radius 2 is 2.00 bits per heavy atom. The quantitative estimate of drug-likeness (QED) is 0.725. The fraction of sp³-hybridized carbons (Fsp3) is 0.625. The first-order valence-corrected chi connectivity index (χ1v) is 7.24. The molecule has 1 aromatic rings. The normalized spacial score (nSPS) is 17.4. The molecule has 0 bridgehead atoms. The van der Waals surface area contributed by atoms with E-state index in [0.717, 1.165) is 31.3 Å². The van der Waals surface area contributed by atoms with E-state index < -0.39 is 0 Å². The van der Waals surface area contributed by atoms with Crippen LogP contribution in [-0.2, 0) is 6.42 Å². The Labute approximate surface area is 110 Å². The predicted octanol–water partition coefficient (Wildman–Crippen LogP) is 3.78. The Bertz CT molecular complexity index is 343. The van der Waals surface area contributed by atoms with E-state index in [1.165, 1.54) is 31.2 Å². The average Bonchev–Trinajstić information content (AvgIpc) is 2.30. The lowest BCUT2D eigenvalue weighted by Crippen LogP contribution is -2.33. The van der Waals surface area contributed by atoms with Crippen molar-refractivity contribution < 1.29 is 4.39 Å². The molecule has 1 atom stereocenters. The van der Waals surface area contributed by atoms with Crippen LogP contribution < -0.4 is 5.32 Å². The lowest BCUT2D eigenvalue weighted by atomic mass is 9.73. The second kappa shape index (κ2) is 6.89. The Morgan fingerprint density at radius 3 is 2.56 bits per heavy atom. The highest BCUT2D eigenvalue weighted by Gasteiger charge is 2.26. The van der Waals surface area contributed by atoms with E-state index in [4.69, 9.17) is 0 Å². The van der Waals surface area contributed by atoms with Crippen LogP contribution in [0, 0.1) is 17.7 Å². The van der Waals surface area contributed by atoms with Gasteiger partial charge in [-0.15, -0.1) is 0 Å². The summed E-state index contributed by atoms with van der Waals surface area (Å²) >= 11 is 0. The van der Waals surface area contributed by atoms with Crippen molar-refractivity contribution in [2.24, 2.45) is 11.8 Å². The Kier molecular flexibility index (Phi) is 5.18. The molecule has 1 aliphatic rings. The van der Waals surface area contributed by atoms with Crippen LogP contribution in [0.5, 0.6) is 0 Å². The second-order valence-electron chi connectivity index (χ2n) is 5.49. The molecule has 1 nitrogen and oxygen atoms in total. The van der Waals surface area contributed by atoms with E-state index >= 15 is 0 Å². The minimum absolute atomic E-state index is 0.136. The van der Waals surface area contributed by atoms with Crippen LogP contribution in [0.1, 0.15) is 38.2 Å². The van der Waals surface area contributed by atoms with Gasteiger partial charge in [0.25, 0.3) is 0 Å². The van der Waals surface area contributed by atoms with Crippen molar-refractivity contribution in [1.29, 1.82) is 0 Å². The highest BCUT2D eigenvalue weighted by atomic mass is 19.1. The summed E-state index contributed by atoms with van der Waals surface area (Å²) in [5.41, 5.74) is 1.27. The standard InChI is InChI=1S/C16H24FN/c1-2-10-18-12-15(14-4-3-5-14)11-13-6-8-16(17)9-7-13/h6-9,14-15,18H,2-5,10-12H2,1H3. The minimum Gasteiger partial charge on any atom is -0.316 e. The highest BCUT2D eigenvalue weighted by molar-refractivity contribution is 5.17. The molecule has 2 heteroatoms. The summed E-state index contributed by atoms with van der Waals surface area (Å²) in [4.78, 5) is 0. The first-order valence-electron chi connectivity index (χ1n) is 7.24. The summed E-state index contributed by atoms with van der Waals surface area (Å²) in [6.07, 6.45) is 6.41. The number of benzene rings is 1. The van der Waals surface area contributed by atoms with Gasteiger partial charge in [0.05, 0.1) is 0 Å². The van der Waals surface area contributed by atoms with Gasteiger partial charge in [-0.1, -0.05) is 38.3 Å². The third-order valence-corrected chi connectivity index (χ3v) is 4.06. The molecule has 1 N–H and O–H groups in total. The number of hydrogen-bond donors (Lipinski definition) is 1. The molecule has 0 saturated heterocycles. The van der Waals surface area contributed by atoms with Crippen molar-refractivity contribution >= 4 is 0 Å². The van der Waals surface area contributed by atoms with Gasteiger partial charge in [-0.2, -0.15) is 0 Å². The SMILES string of the molecule is CCCNCC(Cc1ccc(F)cc1)C1CCC1. The zero-order chi connectivity index (χ0) is 12.8. The molecule has 0 amide bonds.